The van der Waals surface area contributed by atoms with E-state index in [2.05, 4.69) is 25.1 Å². The molecule has 3 heterocycles. The molecule has 3 aliphatic rings. The predicted octanol–water partition coefficient (Wildman–Crippen LogP) is 6.56. The molecule has 0 unspecified atom stereocenters. The summed E-state index contributed by atoms with van der Waals surface area (Å²) in [5.74, 6) is -0.580. The number of fused-ring (bicyclic) bond motifs is 1. The maximum absolute atomic E-state index is 14.4. The molecular formula is C38H48N4O8S2. The second-order valence-electron chi connectivity index (χ2n) is 15.6. The molecule has 0 radical (unpaired) electrons. The fourth-order valence-electron chi connectivity index (χ4n) is 7.02. The molecule has 1 aliphatic heterocycles. The van der Waals surface area contributed by atoms with Crippen molar-refractivity contribution in [3.8, 4) is 22.2 Å². The Morgan fingerprint density at radius 1 is 1.17 bits per heavy atom. The van der Waals surface area contributed by atoms with Crippen LogP contribution in [0.15, 0.2) is 36.2 Å². The van der Waals surface area contributed by atoms with Gasteiger partial charge in [-0.25, -0.2) is 23.2 Å². The summed E-state index contributed by atoms with van der Waals surface area (Å²) in [6, 6.07) is 4.57. The molecule has 14 heteroatoms. The Hall–Kier alpha value is -4.04. The van der Waals surface area contributed by atoms with Crippen molar-refractivity contribution in [2.24, 2.45) is 17.3 Å². The molecule has 1 saturated heterocycles. The minimum Gasteiger partial charge on any atom is -0.496 e. The summed E-state index contributed by atoms with van der Waals surface area (Å²) in [5.41, 5.74) is 0.962. The second-order valence-corrected chi connectivity index (χ2v) is 18.5. The van der Waals surface area contributed by atoms with Gasteiger partial charge >= 0.3 is 6.09 Å². The largest absolute Gasteiger partial charge is 0.496 e. The summed E-state index contributed by atoms with van der Waals surface area (Å²) in [5, 5.41) is 2.88. The van der Waals surface area contributed by atoms with E-state index in [0.29, 0.717) is 35.6 Å². The minimum absolute atomic E-state index is 0.0374. The highest BCUT2D eigenvalue weighted by Gasteiger charge is 2.62. The molecule has 12 nitrogen and oxygen atoms in total. The number of hydrogen-bond donors (Lipinski definition) is 1. The first-order valence-electron chi connectivity index (χ1n) is 17.7. The Morgan fingerprint density at radius 2 is 1.88 bits per heavy atom. The van der Waals surface area contributed by atoms with Crippen LogP contribution in [0.4, 0.5) is 4.79 Å². The van der Waals surface area contributed by atoms with Crippen LogP contribution in [-0.4, -0.2) is 77.7 Å². The van der Waals surface area contributed by atoms with Crippen LogP contribution in [0.2, 0.25) is 0 Å². The number of carbonyl (C=O) groups excluding carboxylic acids is 3. The third kappa shape index (κ3) is 7.28. The van der Waals surface area contributed by atoms with Gasteiger partial charge in [-0.2, -0.15) is 0 Å². The molecule has 1 aromatic carbocycles. The van der Waals surface area contributed by atoms with Crippen LogP contribution < -0.4 is 14.2 Å². The van der Waals surface area contributed by atoms with Gasteiger partial charge in [0.15, 0.2) is 5.78 Å². The second kappa shape index (κ2) is 13.7. The summed E-state index contributed by atoms with van der Waals surface area (Å²) < 4.78 is 45.8. The zero-order valence-electron chi connectivity index (χ0n) is 31.0. The van der Waals surface area contributed by atoms with Gasteiger partial charge in [0, 0.05) is 34.7 Å². The van der Waals surface area contributed by atoms with E-state index in [4.69, 9.17) is 24.2 Å². The summed E-state index contributed by atoms with van der Waals surface area (Å²) in [6.07, 6.45) is 1.26. The molecular weight excluding hydrogens is 705 g/mol. The van der Waals surface area contributed by atoms with Crippen molar-refractivity contribution in [1.82, 2.24) is 19.6 Å². The zero-order valence-corrected chi connectivity index (χ0v) is 32.7. The number of likely N-dealkylation sites (tertiary alicyclic amines) is 1. The number of pyridine rings is 1. The minimum atomic E-state index is -3.83. The predicted molar refractivity (Wildman–Crippen MR) is 199 cm³/mol. The highest BCUT2D eigenvalue weighted by Crippen LogP contribution is 2.57. The number of benzene rings is 1. The van der Waals surface area contributed by atoms with Gasteiger partial charge < -0.3 is 14.2 Å². The number of hydrogen-bond acceptors (Lipinski definition) is 11. The van der Waals surface area contributed by atoms with E-state index in [1.807, 2.05) is 37.4 Å². The molecule has 280 valence electrons. The smallest absolute Gasteiger partial charge is 0.411 e. The van der Waals surface area contributed by atoms with Crippen molar-refractivity contribution in [2.45, 2.75) is 103 Å². The average Bonchev–Trinajstić information content (AvgIpc) is 3.96. The molecule has 2 saturated carbocycles. The van der Waals surface area contributed by atoms with Crippen LogP contribution in [0.1, 0.15) is 84.4 Å². The molecule has 0 spiro atoms. The number of rotatable bonds is 12. The van der Waals surface area contributed by atoms with Gasteiger partial charge in [-0.3, -0.25) is 19.2 Å². The Balaban J connectivity index is 1.35. The number of amides is 2. The Kier molecular flexibility index (Phi) is 9.97. The molecule has 2 aliphatic carbocycles. The van der Waals surface area contributed by atoms with E-state index >= 15 is 0 Å². The fourth-order valence-corrected chi connectivity index (χ4v) is 9.34. The lowest BCUT2D eigenvalue weighted by Gasteiger charge is -2.29. The number of nitrogens with one attached hydrogen (secondary N) is 1. The summed E-state index contributed by atoms with van der Waals surface area (Å²) >= 11 is 1.49. The molecule has 3 aromatic rings. The molecule has 1 N–H and O–H groups in total. The van der Waals surface area contributed by atoms with E-state index in [1.54, 1.807) is 34.0 Å². The number of methoxy groups -OCH3 is 1. The van der Waals surface area contributed by atoms with Gasteiger partial charge in [-0.1, -0.05) is 26.8 Å². The third-order valence-corrected chi connectivity index (χ3v) is 13.0. The standard InChI is InChI=1S/C38H48N4O8S2/c1-10-23-16-38(23,35(44)41-52(46,47)24-11-12-24)17-28(43)33-22(5)31(18-42(33)36(45)50-37(6,7)8)49-30-15-26(34-40-27(19-51-34)20(2)3)39-32-21(4)29(48-9)14-13-25(30)32/h10,13-15,19-20,22-24,31,33H,1,11-12,16-18H2,2-9H3,(H,41,44)/t22-,23-,31+,33+,38-/m1/s1. The van der Waals surface area contributed by atoms with Crippen LogP contribution in [0.25, 0.3) is 21.6 Å². The number of allylic oxidation sites excluding steroid dienone is 1. The van der Waals surface area contributed by atoms with Crippen molar-refractivity contribution in [3.63, 3.8) is 0 Å². The Morgan fingerprint density at radius 3 is 2.46 bits per heavy atom. The quantitative estimate of drug-likeness (QED) is 0.201. The molecule has 2 aromatic heterocycles. The number of ketones is 1. The van der Waals surface area contributed by atoms with Gasteiger partial charge in [0.1, 0.15) is 39.9 Å². The van der Waals surface area contributed by atoms with Crippen molar-refractivity contribution >= 4 is 50.0 Å². The number of aryl methyl sites for hydroxylation is 1. The normalized spacial score (nSPS) is 24.5. The average molecular weight is 753 g/mol. The molecule has 6 rings (SSSR count). The third-order valence-electron chi connectivity index (χ3n) is 10.3. The first kappa shape index (κ1) is 37.7. The first-order valence-corrected chi connectivity index (χ1v) is 20.1. The molecule has 5 atom stereocenters. The zero-order chi connectivity index (χ0) is 37.9. The van der Waals surface area contributed by atoms with Crippen LogP contribution in [-0.2, 0) is 24.3 Å². The highest BCUT2D eigenvalue weighted by molar-refractivity contribution is 7.90. The van der Waals surface area contributed by atoms with Crippen molar-refractivity contribution in [1.29, 1.82) is 0 Å². The van der Waals surface area contributed by atoms with Crippen LogP contribution in [0.5, 0.6) is 11.5 Å². The Labute approximate surface area is 309 Å². The lowest BCUT2D eigenvalue weighted by molar-refractivity contribution is -0.132. The van der Waals surface area contributed by atoms with E-state index in [0.717, 1.165) is 21.7 Å². The van der Waals surface area contributed by atoms with E-state index in [1.165, 1.54) is 16.2 Å². The van der Waals surface area contributed by atoms with Crippen molar-refractivity contribution < 1.29 is 37.0 Å². The number of thiazole rings is 1. The van der Waals surface area contributed by atoms with E-state index in [9.17, 15) is 22.8 Å². The molecule has 2 amide bonds. The van der Waals surface area contributed by atoms with Crippen LogP contribution in [0.3, 0.4) is 0 Å². The monoisotopic (exact) mass is 752 g/mol. The van der Waals surface area contributed by atoms with Gasteiger partial charge in [0.05, 0.1) is 35.5 Å². The topological polar surface area (TPSA) is 154 Å². The summed E-state index contributed by atoms with van der Waals surface area (Å²) in [6.45, 7) is 17.0. The van der Waals surface area contributed by atoms with Crippen molar-refractivity contribution in [2.75, 3.05) is 13.7 Å². The molecule has 0 bridgehead atoms. The van der Waals surface area contributed by atoms with E-state index < -0.39 is 56.4 Å². The number of ether oxygens (including phenoxy) is 3. The fraction of sp³-hybridized carbons (Fsp3) is 0.553. The summed E-state index contributed by atoms with van der Waals surface area (Å²) in [4.78, 5) is 52.9. The van der Waals surface area contributed by atoms with Crippen molar-refractivity contribution in [3.05, 3.63) is 47.5 Å². The number of nitrogens with zero attached hydrogens (tertiary/aromatic N) is 3. The van der Waals surface area contributed by atoms with Crippen LogP contribution >= 0.6 is 11.3 Å². The Bertz CT molecular complexity index is 2030. The first-order chi connectivity index (χ1) is 24.4. The number of Topliss-reactive ketones (excluding diaryl/α,β-unsaturated/α-hetero) is 1. The number of aromatic nitrogens is 2. The lowest BCUT2D eigenvalue weighted by Crippen LogP contribution is -2.47. The number of sulfonamides is 1. The molecule has 3 fully saturated rings. The van der Waals surface area contributed by atoms with Gasteiger partial charge in [-0.15, -0.1) is 17.9 Å². The molecule has 52 heavy (non-hydrogen) atoms. The van der Waals surface area contributed by atoms with Crippen LogP contribution in [0, 0.1) is 24.2 Å². The summed E-state index contributed by atoms with van der Waals surface area (Å²) in [7, 11) is -2.23. The SMILES string of the molecule is C=C[C@@H]1C[C@]1(CC(=O)[C@@H]1[C@H](C)[C@@H](Oc2cc(-c3nc(C(C)C)cs3)nc3c(C)c(OC)ccc23)CN1C(=O)OC(C)(C)C)C(=O)NS(=O)(=O)C1CC1. The maximum atomic E-state index is 14.4. The highest BCUT2D eigenvalue weighted by atomic mass is 32.2. The number of carbonyl (C=O) groups is 3. The van der Waals surface area contributed by atoms with E-state index in [-0.39, 0.29) is 37.0 Å². The maximum Gasteiger partial charge on any atom is 0.411 e. The van der Waals surface area contributed by atoms with Gasteiger partial charge in [0.2, 0.25) is 15.9 Å². The van der Waals surface area contributed by atoms with Gasteiger partial charge in [-0.05, 0) is 70.9 Å². The van der Waals surface area contributed by atoms with Gasteiger partial charge in [0.25, 0.3) is 0 Å². The lowest BCUT2D eigenvalue weighted by atomic mass is 9.88.